The third kappa shape index (κ3) is 5.02. The average Bonchev–Trinajstić information content (AvgIpc) is 3.02. The first-order valence-electron chi connectivity index (χ1n) is 9.10. The van der Waals surface area contributed by atoms with Crippen molar-refractivity contribution in [2.75, 3.05) is 5.88 Å². The van der Waals surface area contributed by atoms with Gasteiger partial charge in [-0.2, -0.15) is 0 Å². The molecule has 2 aromatic carbocycles. The lowest BCUT2D eigenvalue weighted by Gasteiger charge is -2.33. The number of nitrogens with zero attached hydrogens (tertiary/aromatic N) is 2. The molecule has 25 heavy (non-hydrogen) atoms. The summed E-state index contributed by atoms with van der Waals surface area (Å²) < 4.78 is 0. The molecule has 3 heteroatoms. The van der Waals surface area contributed by atoms with E-state index in [4.69, 9.17) is 11.6 Å². The van der Waals surface area contributed by atoms with Crippen molar-refractivity contribution in [2.24, 2.45) is 5.92 Å². The maximum Gasteiger partial charge on any atom is 0.101 e. The molecule has 0 saturated heterocycles. The fourth-order valence-corrected chi connectivity index (χ4v) is 3.46. The predicted molar refractivity (Wildman–Crippen MR) is 106 cm³/mol. The summed E-state index contributed by atoms with van der Waals surface area (Å²) in [4.78, 5) is 4.92. The minimum Gasteiger partial charge on any atom is -0.352 e. The van der Waals surface area contributed by atoms with Gasteiger partial charge < -0.3 is 9.80 Å². The van der Waals surface area contributed by atoms with Crippen LogP contribution in [0.5, 0.6) is 0 Å². The summed E-state index contributed by atoms with van der Waals surface area (Å²) in [6, 6.07) is 21.4. The predicted octanol–water partition coefficient (Wildman–Crippen LogP) is 5.46. The van der Waals surface area contributed by atoms with Crippen molar-refractivity contribution in [3.63, 3.8) is 0 Å². The van der Waals surface area contributed by atoms with Crippen molar-refractivity contribution in [3.05, 3.63) is 84.2 Å². The van der Waals surface area contributed by atoms with Gasteiger partial charge in [-0.1, -0.05) is 67.6 Å². The molecule has 1 heterocycles. The molecule has 3 rings (SSSR count). The van der Waals surface area contributed by atoms with Crippen LogP contribution in [-0.2, 0) is 13.1 Å². The summed E-state index contributed by atoms with van der Waals surface area (Å²) in [6.07, 6.45) is 7.15. The Balaban J connectivity index is 1.69. The van der Waals surface area contributed by atoms with Gasteiger partial charge >= 0.3 is 0 Å². The zero-order valence-corrected chi connectivity index (χ0v) is 15.6. The Morgan fingerprint density at radius 1 is 0.840 bits per heavy atom. The van der Waals surface area contributed by atoms with E-state index in [1.54, 1.807) is 0 Å². The molecule has 0 fully saturated rings. The highest BCUT2D eigenvalue weighted by molar-refractivity contribution is 6.18. The lowest BCUT2D eigenvalue weighted by atomic mass is 10.0. The number of hydrogen-bond acceptors (Lipinski definition) is 2. The maximum atomic E-state index is 6.03. The minimum atomic E-state index is 0.395. The first-order valence-corrected chi connectivity index (χ1v) is 9.63. The van der Waals surface area contributed by atoms with Gasteiger partial charge in [0.25, 0.3) is 0 Å². The van der Waals surface area contributed by atoms with Crippen LogP contribution in [0.25, 0.3) is 0 Å². The van der Waals surface area contributed by atoms with Crippen LogP contribution in [-0.4, -0.2) is 21.8 Å². The van der Waals surface area contributed by atoms with Crippen LogP contribution in [0.2, 0.25) is 0 Å². The second kappa shape index (κ2) is 8.96. The topological polar surface area (TPSA) is 6.48 Å². The Hall–Kier alpha value is -1.93. The number of rotatable bonds is 8. The Bertz CT molecular complexity index is 605. The first-order chi connectivity index (χ1) is 12.3. The molecular formula is C22H27ClN2. The molecule has 0 spiro atoms. The highest BCUT2D eigenvalue weighted by atomic mass is 35.5. The molecule has 0 radical (unpaired) electrons. The third-order valence-corrected chi connectivity index (χ3v) is 5.34. The van der Waals surface area contributed by atoms with Gasteiger partial charge in [0, 0.05) is 31.4 Å². The minimum absolute atomic E-state index is 0.395. The third-order valence-electron chi connectivity index (χ3n) is 4.81. The zero-order chi connectivity index (χ0) is 17.5. The Morgan fingerprint density at radius 3 is 1.76 bits per heavy atom. The smallest absolute Gasteiger partial charge is 0.101 e. The van der Waals surface area contributed by atoms with E-state index in [0.717, 1.165) is 31.8 Å². The summed E-state index contributed by atoms with van der Waals surface area (Å²) in [6.45, 7) is 4.13. The van der Waals surface area contributed by atoms with Crippen molar-refractivity contribution >= 4 is 11.6 Å². The monoisotopic (exact) mass is 354 g/mol. The molecule has 2 aromatic rings. The van der Waals surface area contributed by atoms with Gasteiger partial charge in [0.05, 0.1) is 0 Å². The quantitative estimate of drug-likeness (QED) is 0.581. The fraction of sp³-hybridized carbons (Fsp3) is 0.364. The van der Waals surface area contributed by atoms with E-state index in [9.17, 15) is 0 Å². The van der Waals surface area contributed by atoms with Crippen LogP contribution >= 0.6 is 11.6 Å². The standard InChI is InChI=1S/C22H27ClN2/c1-19(16-23)12-13-22-24(17-20-8-4-2-5-9-20)14-15-25(22)18-21-10-6-3-7-11-21/h2-11,14-15,19,22H,12-13,16-18H2,1H3. The number of halogens is 1. The Labute approximate surface area is 156 Å². The second-order valence-corrected chi connectivity index (χ2v) is 7.24. The van der Waals surface area contributed by atoms with Gasteiger partial charge in [-0.25, -0.2) is 0 Å². The maximum absolute atomic E-state index is 6.03. The fourth-order valence-electron chi connectivity index (χ4n) is 3.31. The van der Waals surface area contributed by atoms with Crippen molar-refractivity contribution in [3.8, 4) is 0 Å². The van der Waals surface area contributed by atoms with Crippen LogP contribution in [0.1, 0.15) is 30.9 Å². The second-order valence-electron chi connectivity index (χ2n) is 6.93. The van der Waals surface area contributed by atoms with Crippen molar-refractivity contribution < 1.29 is 0 Å². The molecule has 0 aromatic heterocycles. The summed E-state index contributed by atoms with van der Waals surface area (Å²) in [7, 11) is 0. The van der Waals surface area contributed by atoms with Gasteiger partial charge in [0.2, 0.25) is 0 Å². The molecule has 0 N–H and O–H groups in total. The molecule has 132 valence electrons. The van der Waals surface area contributed by atoms with E-state index < -0.39 is 0 Å². The van der Waals surface area contributed by atoms with Gasteiger partial charge in [0.1, 0.15) is 6.17 Å². The van der Waals surface area contributed by atoms with Crippen LogP contribution in [0.4, 0.5) is 0 Å². The molecule has 0 amide bonds. The Kier molecular flexibility index (Phi) is 6.41. The summed E-state index contributed by atoms with van der Waals surface area (Å²) in [5, 5.41) is 0. The van der Waals surface area contributed by atoms with Gasteiger partial charge in [-0.05, 0) is 29.9 Å². The summed E-state index contributed by atoms with van der Waals surface area (Å²) >= 11 is 6.03. The van der Waals surface area contributed by atoms with E-state index in [1.807, 2.05) is 0 Å². The average molecular weight is 355 g/mol. The van der Waals surface area contributed by atoms with Crippen molar-refractivity contribution in [1.29, 1.82) is 0 Å². The lowest BCUT2D eigenvalue weighted by Crippen LogP contribution is -2.38. The van der Waals surface area contributed by atoms with Crippen molar-refractivity contribution in [2.45, 2.75) is 39.0 Å². The van der Waals surface area contributed by atoms with E-state index >= 15 is 0 Å². The molecule has 1 aliphatic rings. The van der Waals surface area contributed by atoms with E-state index in [1.165, 1.54) is 11.1 Å². The Morgan fingerprint density at radius 2 is 1.32 bits per heavy atom. The van der Waals surface area contributed by atoms with E-state index in [0.29, 0.717) is 12.1 Å². The number of benzene rings is 2. The molecule has 0 saturated carbocycles. The molecule has 1 aliphatic heterocycles. The number of alkyl halides is 1. The highest BCUT2D eigenvalue weighted by Gasteiger charge is 2.26. The molecule has 1 atom stereocenters. The van der Waals surface area contributed by atoms with Crippen LogP contribution in [0, 0.1) is 5.92 Å². The summed E-state index contributed by atoms with van der Waals surface area (Å²) in [5.74, 6) is 1.29. The van der Waals surface area contributed by atoms with Crippen molar-refractivity contribution in [1.82, 2.24) is 9.80 Å². The van der Waals surface area contributed by atoms with Crippen LogP contribution < -0.4 is 0 Å². The van der Waals surface area contributed by atoms with E-state index in [2.05, 4.69) is 89.8 Å². The molecule has 2 nitrogen and oxygen atoms in total. The zero-order valence-electron chi connectivity index (χ0n) is 14.9. The molecule has 1 unspecified atom stereocenters. The largest absolute Gasteiger partial charge is 0.352 e. The van der Waals surface area contributed by atoms with Crippen LogP contribution in [0.3, 0.4) is 0 Å². The van der Waals surface area contributed by atoms with Gasteiger partial charge in [0.15, 0.2) is 0 Å². The van der Waals surface area contributed by atoms with Gasteiger partial charge in [-0.3, -0.25) is 0 Å². The summed E-state index contributed by atoms with van der Waals surface area (Å²) in [5.41, 5.74) is 2.70. The SMILES string of the molecule is CC(CCl)CCC1N(Cc2ccccc2)C=CN1Cc1ccccc1. The normalized spacial score (nSPS) is 15.8. The van der Waals surface area contributed by atoms with E-state index in [-0.39, 0.29) is 0 Å². The first kappa shape index (κ1) is 17.9. The molecule has 0 aliphatic carbocycles. The van der Waals surface area contributed by atoms with Crippen LogP contribution in [0.15, 0.2) is 73.1 Å². The van der Waals surface area contributed by atoms with Gasteiger partial charge in [-0.15, -0.1) is 11.6 Å². The lowest BCUT2D eigenvalue weighted by molar-refractivity contribution is 0.125. The number of hydrogen-bond donors (Lipinski definition) is 0. The molecular weight excluding hydrogens is 328 g/mol. The highest BCUT2D eigenvalue weighted by Crippen LogP contribution is 2.26. The molecule has 0 bridgehead atoms.